The Morgan fingerprint density at radius 3 is 2.29 bits per heavy atom. The third kappa shape index (κ3) is 6.41. The number of anilines is 1. The fourth-order valence-electron chi connectivity index (χ4n) is 4.41. The van der Waals surface area contributed by atoms with Crippen LogP contribution < -0.4 is 19.7 Å². The number of nitrogens with zero attached hydrogens (tertiary/aromatic N) is 1. The van der Waals surface area contributed by atoms with Crippen molar-refractivity contribution in [2.45, 2.75) is 49.1 Å². The third-order valence-corrected chi connectivity index (χ3v) is 8.22. The number of para-hydroxylation sites is 2. The van der Waals surface area contributed by atoms with E-state index in [1.54, 1.807) is 35.2 Å². The Morgan fingerprint density at radius 1 is 0.868 bits per heavy atom. The number of carbonyl (C=O) groups is 2. The van der Waals surface area contributed by atoms with E-state index in [9.17, 15) is 18.0 Å². The summed E-state index contributed by atoms with van der Waals surface area (Å²) in [5.41, 5.74) is 2.63. The van der Waals surface area contributed by atoms with E-state index in [0.29, 0.717) is 30.8 Å². The number of hydrogen-bond acceptors (Lipinski definition) is 5. The number of ether oxygens (including phenoxy) is 1. The van der Waals surface area contributed by atoms with Gasteiger partial charge in [-0.2, -0.15) is 0 Å². The quantitative estimate of drug-likeness (QED) is 0.417. The number of rotatable bonds is 10. The minimum absolute atomic E-state index is 0.0449. The second-order valence-corrected chi connectivity index (χ2v) is 11.4. The summed E-state index contributed by atoms with van der Waals surface area (Å²) in [6.07, 6.45) is 2.30. The predicted molar refractivity (Wildman–Crippen MR) is 144 cm³/mol. The van der Waals surface area contributed by atoms with Gasteiger partial charge in [0.2, 0.25) is 15.9 Å². The van der Waals surface area contributed by atoms with Crippen LogP contribution in [-0.4, -0.2) is 45.5 Å². The summed E-state index contributed by atoms with van der Waals surface area (Å²) in [5.74, 6) is 0.104. The second-order valence-electron chi connectivity index (χ2n) is 9.64. The first-order valence-corrected chi connectivity index (χ1v) is 14.4. The summed E-state index contributed by atoms with van der Waals surface area (Å²) in [7, 11) is -3.51. The monoisotopic (exact) mass is 533 g/mol. The van der Waals surface area contributed by atoms with Crippen molar-refractivity contribution in [1.29, 1.82) is 0 Å². The average molecular weight is 534 g/mol. The first-order valence-electron chi connectivity index (χ1n) is 12.9. The van der Waals surface area contributed by atoms with Crippen LogP contribution in [0.5, 0.6) is 5.75 Å². The summed E-state index contributed by atoms with van der Waals surface area (Å²) in [6.45, 7) is 0.594. The Labute approximate surface area is 223 Å². The van der Waals surface area contributed by atoms with Gasteiger partial charge in [-0.3, -0.25) is 9.59 Å². The number of benzene rings is 3. The highest BCUT2D eigenvalue weighted by Crippen LogP contribution is 2.33. The molecule has 1 aliphatic carbocycles. The Bertz CT molecular complexity index is 1390. The van der Waals surface area contributed by atoms with Crippen LogP contribution in [-0.2, 0) is 32.5 Å². The van der Waals surface area contributed by atoms with Crippen molar-refractivity contribution in [2.75, 3.05) is 18.0 Å². The zero-order chi connectivity index (χ0) is 26.5. The maximum atomic E-state index is 13.3. The van der Waals surface area contributed by atoms with Crippen molar-refractivity contribution in [1.82, 2.24) is 10.0 Å². The van der Waals surface area contributed by atoms with E-state index in [4.69, 9.17) is 4.74 Å². The molecule has 0 saturated heterocycles. The number of amides is 2. The molecular weight excluding hydrogens is 502 g/mol. The molecule has 0 aromatic heterocycles. The summed E-state index contributed by atoms with van der Waals surface area (Å²) in [5, 5.41) is 2.93. The lowest BCUT2D eigenvalue weighted by Crippen LogP contribution is -2.51. The number of fused-ring (bicyclic) bond motifs is 1. The summed E-state index contributed by atoms with van der Waals surface area (Å²) in [6, 6.07) is 23.8. The van der Waals surface area contributed by atoms with Crippen molar-refractivity contribution in [3.8, 4) is 5.75 Å². The molecule has 198 valence electrons. The molecule has 2 amide bonds. The van der Waals surface area contributed by atoms with Crippen LogP contribution in [0.25, 0.3) is 0 Å². The first kappa shape index (κ1) is 25.9. The highest BCUT2D eigenvalue weighted by Gasteiger charge is 2.33. The van der Waals surface area contributed by atoms with E-state index < -0.39 is 16.1 Å². The van der Waals surface area contributed by atoms with Crippen LogP contribution in [0.1, 0.15) is 30.4 Å². The molecule has 0 unspecified atom stereocenters. The fraction of sp³-hybridized carbons (Fsp3) is 0.310. The normalized spacial score (nSPS) is 16.8. The van der Waals surface area contributed by atoms with Gasteiger partial charge in [-0.25, -0.2) is 13.1 Å². The van der Waals surface area contributed by atoms with E-state index >= 15 is 0 Å². The van der Waals surface area contributed by atoms with Crippen molar-refractivity contribution in [3.63, 3.8) is 0 Å². The number of aryl methyl sites for hydroxylation is 1. The van der Waals surface area contributed by atoms with Gasteiger partial charge in [0.15, 0.2) is 6.10 Å². The molecule has 1 heterocycles. The molecular formula is C29H31N3O5S. The van der Waals surface area contributed by atoms with E-state index in [1.165, 1.54) is 0 Å². The average Bonchev–Trinajstić information content (AvgIpc) is 3.75. The van der Waals surface area contributed by atoms with Gasteiger partial charge in [-0.15, -0.1) is 0 Å². The van der Waals surface area contributed by atoms with Crippen LogP contribution in [0.3, 0.4) is 0 Å². The van der Waals surface area contributed by atoms with E-state index in [0.717, 1.165) is 24.0 Å². The third-order valence-electron chi connectivity index (χ3n) is 6.68. The Balaban J connectivity index is 1.19. The van der Waals surface area contributed by atoms with Crippen molar-refractivity contribution >= 4 is 27.5 Å². The van der Waals surface area contributed by atoms with Gasteiger partial charge in [0.25, 0.3) is 5.91 Å². The summed E-state index contributed by atoms with van der Waals surface area (Å²) < 4.78 is 33.4. The van der Waals surface area contributed by atoms with E-state index in [1.807, 2.05) is 48.5 Å². The summed E-state index contributed by atoms with van der Waals surface area (Å²) in [4.78, 5) is 28.0. The van der Waals surface area contributed by atoms with Crippen LogP contribution in [0.4, 0.5) is 5.69 Å². The topological polar surface area (TPSA) is 105 Å². The number of carbonyl (C=O) groups excluding carboxylic acids is 2. The fourth-order valence-corrected chi connectivity index (χ4v) is 5.71. The molecule has 8 nitrogen and oxygen atoms in total. The molecule has 5 rings (SSSR count). The molecule has 1 atom stereocenters. The minimum Gasteiger partial charge on any atom is -0.477 e. The van der Waals surface area contributed by atoms with Gasteiger partial charge in [0.1, 0.15) is 5.75 Å². The Kier molecular flexibility index (Phi) is 7.76. The lowest BCUT2D eigenvalue weighted by molar-refractivity contribution is -0.128. The lowest BCUT2D eigenvalue weighted by Gasteiger charge is -2.34. The van der Waals surface area contributed by atoms with Crippen LogP contribution in [0.15, 0.2) is 83.8 Å². The molecule has 2 aliphatic rings. The van der Waals surface area contributed by atoms with Crippen molar-refractivity contribution in [2.24, 2.45) is 0 Å². The van der Waals surface area contributed by atoms with E-state index in [-0.39, 0.29) is 35.7 Å². The largest absolute Gasteiger partial charge is 0.477 e. The van der Waals surface area contributed by atoms with Gasteiger partial charge in [0.05, 0.1) is 17.1 Å². The molecule has 0 bridgehead atoms. The maximum absolute atomic E-state index is 13.3. The number of hydrogen-bond donors (Lipinski definition) is 2. The maximum Gasteiger partial charge on any atom is 0.262 e. The van der Waals surface area contributed by atoms with Crippen LogP contribution >= 0.6 is 0 Å². The van der Waals surface area contributed by atoms with Gasteiger partial charge < -0.3 is 15.0 Å². The van der Waals surface area contributed by atoms with Crippen LogP contribution in [0.2, 0.25) is 0 Å². The first-order chi connectivity index (χ1) is 18.4. The standard InChI is InChI=1S/C29H31N3O5S/c33-28(17-12-22-10-15-24(16-11-22)38(35,36)31-23-13-14-23)32-20-27(37-26-9-5-4-8-25(26)32)29(34)30-19-18-21-6-2-1-3-7-21/h1-11,15-16,23,27,31H,12-14,17-20H2,(H,30,34)/t27-/m0/s1. The van der Waals surface area contributed by atoms with Crippen molar-refractivity contribution < 1.29 is 22.7 Å². The molecule has 1 saturated carbocycles. The Morgan fingerprint density at radius 2 is 1.55 bits per heavy atom. The Hall–Kier alpha value is -3.69. The van der Waals surface area contributed by atoms with Gasteiger partial charge >= 0.3 is 0 Å². The molecule has 9 heteroatoms. The molecule has 0 radical (unpaired) electrons. The van der Waals surface area contributed by atoms with Crippen molar-refractivity contribution in [3.05, 3.63) is 90.0 Å². The SMILES string of the molecule is O=C(NCCc1ccccc1)[C@@H]1CN(C(=O)CCc2ccc(S(=O)(=O)NC3CC3)cc2)c2ccccc2O1. The molecule has 3 aromatic rings. The van der Waals surface area contributed by atoms with Gasteiger partial charge in [0, 0.05) is 19.0 Å². The summed E-state index contributed by atoms with van der Waals surface area (Å²) >= 11 is 0. The molecule has 1 aliphatic heterocycles. The zero-order valence-electron chi connectivity index (χ0n) is 21.0. The van der Waals surface area contributed by atoms with Crippen LogP contribution in [0, 0.1) is 0 Å². The smallest absolute Gasteiger partial charge is 0.262 e. The number of sulfonamides is 1. The number of nitrogens with one attached hydrogen (secondary N) is 2. The molecule has 3 aromatic carbocycles. The van der Waals surface area contributed by atoms with Gasteiger partial charge in [-0.1, -0.05) is 54.6 Å². The van der Waals surface area contributed by atoms with E-state index in [2.05, 4.69) is 10.0 Å². The molecule has 2 N–H and O–H groups in total. The minimum atomic E-state index is -3.51. The predicted octanol–water partition coefficient (Wildman–Crippen LogP) is 3.21. The van der Waals surface area contributed by atoms with Gasteiger partial charge in [-0.05, 0) is 61.1 Å². The lowest BCUT2D eigenvalue weighted by atomic mass is 10.1. The molecule has 0 spiro atoms. The highest BCUT2D eigenvalue weighted by molar-refractivity contribution is 7.89. The molecule has 1 fully saturated rings. The second kappa shape index (κ2) is 11.4. The zero-order valence-corrected chi connectivity index (χ0v) is 21.8. The highest BCUT2D eigenvalue weighted by atomic mass is 32.2. The molecule has 38 heavy (non-hydrogen) atoms.